The lowest BCUT2D eigenvalue weighted by molar-refractivity contribution is 0.0907. The number of hydrogen-bond acceptors (Lipinski definition) is 4. The molecule has 5 heteroatoms. The Morgan fingerprint density at radius 2 is 1.44 bits per heavy atom. The zero-order valence-corrected chi connectivity index (χ0v) is 23.3. The van der Waals surface area contributed by atoms with Crippen molar-refractivity contribution in [3.8, 4) is 5.75 Å². The number of methoxy groups -OCH3 is 1. The lowest BCUT2D eigenvalue weighted by Gasteiger charge is -2.33. The number of benzene rings is 4. The smallest absolute Gasteiger partial charge is 0.252 e. The average molecular weight is 537 g/mol. The fraction of sp³-hybridized carbons (Fsp3) is 0.265. The van der Waals surface area contributed by atoms with Crippen LogP contribution in [0.25, 0.3) is 0 Å². The molecule has 1 aliphatic rings. The zero-order chi connectivity index (χ0) is 26.9. The number of nitrogens with zero attached hydrogens (tertiary/aromatic N) is 1. The molecule has 4 aromatic rings. The number of ether oxygens (including phenoxy) is 1. The van der Waals surface area contributed by atoms with Crippen LogP contribution in [0.1, 0.15) is 46.7 Å². The molecule has 0 aromatic heterocycles. The van der Waals surface area contributed by atoms with Gasteiger partial charge in [-0.15, -0.1) is 0 Å². The fourth-order valence-electron chi connectivity index (χ4n) is 5.29. The average Bonchev–Trinajstić information content (AvgIpc) is 3.00. The summed E-state index contributed by atoms with van der Waals surface area (Å²) in [7, 11) is 1.67. The van der Waals surface area contributed by atoms with Crippen molar-refractivity contribution in [2.75, 3.05) is 26.7 Å². The van der Waals surface area contributed by atoms with E-state index in [9.17, 15) is 4.79 Å². The summed E-state index contributed by atoms with van der Waals surface area (Å²) in [5, 5.41) is 3.32. The quantitative estimate of drug-likeness (QED) is 0.232. The van der Waals surface area contributed by atoms with Gasteiger partial charge < -0.3 is 15.0 Å². The van der Waals surface area contributed by atoms with Gasteiger partial charge in [-0.2, -0.15) is 0 Å². The molecule has 0 radical (unpaired) electrons. The van der Waals surface area contributed by atoms with Crippen molar-refractivity contribution in [3.05, 3.63) is 126 Å². The summed E-state index contributed by atoms with van der Waals surface area (Å²) in [5.41, 5.74) is 3.48. The number of rotatable bonds is 10. The minimum absolute atomic E-state index is 0.0123. The minimum Gasteiger partial charge on any atom is -0.497 e. The zero-order valence-electron chi connectivity index (χ0n) is 22.5. The summed E-state index contributed by atoms with van der Waals surface area (Å²) in [6.45, 7) is 3.06. The molecule has 0 atom stereocenters. The van der Waals surface area contributed by atoms with E-state index in [4.69, 9.17) is 4.74 Å². The van der Waals surface area contributed by atoms with E-state index < -0.39 is 0 Å². The van der Waals surface area contributed by atoms with E-state index in [-0.39, 0.29) is 11.9 Å². The molecule has 1 fully saturated rings. The van der Waals surface area contributed by atoms with E-state index in [1.165, 1.54) is 11.1 Å². The van der Waals surface area contributed by atoms with Crippen LogP contribution in [-0.4, -0.2) is 43.6 Å². The Hall–Kier alpha value is -3.54. The molecule has 39 heavy (non-hydrogen) atoms. The normalized spacial score (nSPS) is 14.3. The van der Waals surface area contributed by atoms with Gasteiger partial charge in [0.15, 0.2) is 0 Å². The number of amides is 1. The first-order chi connectivity index (χ1) is 19.2. The van der Waals surface area contributed by atoms with Crippen molar-refractivity contribution >= 4 is 17.7 Å². The molecule has 0 saturated carbocycles. The maximum atomic E-state index is 13.3. The highest BCUT2D eigenvalue weighted by Crippen LogP contribution is 2.32. The highest BCUT2D eigenvalue weighted by atomic mass is 32.2. The van der Waals surface area contributed by atoms with Gasteiger partial charge in [0.25, 0.3) is 5.91 Å². The molecule has 4 nitrogen and oxygen atoms in total. The predicted molar refractivity (Wildman–Crippen MR) is 160 cm³/mol. The maximum absolute atomic E-state index is 13.3. The highest BCUT2D eigenvalue weighted by molar-refractivity contribution is 7.99. The Balaban J connectivity index is 1.15. The van der Waals surface area contributed by atoms with Crippen LogP contribution < -0.4 is 10.1 Å². The van der Waals surface area contributed by atoms with Gasteiger partial charge in [0.2, 0.25) is 0 Å². The summed E-state index contributed by atoms with van der Waals surface area (Å²) in [6, 6.07) is 37.7. The van der Waals surface area contributed by atoms with Crippen LogP contribution in [0.3, 0.4) is 0 Å². The van der Waals surface area contributed by atoms with E-state index >= 15 is 0 Å². The third-order valence-electron chi connectivity index (χ3n) is 7.48. The third kappa shape index (κ3) is 7.31. The van der Waals surface area contributed by atoms with Gasteiger partial charge in [0, 0.05) is 34.8 Å². The molecule has 1 aliphatic heterocycles. The number of carbonyl (C=O) groups excluding carboxylic acids is 1. The maximum Gasteiger partial charge on any atom is 0.252 e. The summed E-state index contributed by atoms with van der Waals surface area (Å²) in [4.78, 5) is 17.9. The first kappa shape index (κ1) is 27.0. The summed E-state index contributed by atoms with van der Waals surface area (Å²) in [6.07, 6.45) is 3.03. The summed E-state index contributed by atoms with van der Waals surface area (Å²) < 4.78 is 5.26. The third-order valence-corrected chi connectivity index (χ3v) is 8.56. The first-order valence-corrected chi connectivity index (χ1v) is 14.6. The molecule has 4 aromatic carbocycles. The molecule has 1 amide bonds. The molecule has 1 N–H and O–H groups in total. The Morgan fingerprint density at radius 1 is 0.846 bits per heavy atom. The van der Waals surface area contributed by atoms with Gasteiger partial charge >= 0.3 is 0 Å². The number of hydrogen-bond donors (Lipinski definition) is 1. The van der Waals surface area contributed by atoms with Crippen LogP contribution in [0, 0.1) is 0 Å². The van der Waals surface area contributed by atoms with E-state index in [1.54, 1.807) is 18.9 Å². The van der Waals surface area contributed by atoms with Gasteiger partial charge in [0.1, 0.15) is 5.75 Å². The molecule has 200 valence electrons. The van der Waals surface area contributed by atoms with E-state index in [2.05, 4.69) is 70.9 Å². The van der Waals surface area contributed by atoms with Gasteiger partial charge in [-0.3, -0.25) is 4.79 Å². The fourth-order valence-corrected chi connectivity index (χ4v) is 6.23. The molecule has 0 aliphatic carbocycles. The number of carbonyl (C=O) groups is 1. The van der Waals surface area contributed by atoms with Crippen LogP contribution >= 0.6 is 11.8 Å². The molecule has 0 unspecified atom stereocenters. The Labute approximate surface area is 236 Å². The SMILES string of the molecule is COc1ccc(Sc2ccccc2C(=O)NC2CCN(CCC(c3ccccc3)c3ccccc3)CC2)cc1. The molecule has 5 rings (SSSR count). The van der Waals surface area contributed by atoms with Crippen LogP contribution in [0.5, 0.6) is 5.75 Å². The second kappa shape index (κ2) is 13.5. The molecule has 0 bridgehead atoms. The second-order valence-corrected chi connectivity index (χ2v) is 11.1. The molecule has 0 spiro atoms. The van der Waals surface area contributed by atoms with Crippen LogP contribution in [0.15, 0.2) is 119 Å². The molecular weight excluding hydrogens is 500 g/mol. The second-order valence-electron chi connectivity index (χ2n) is 10.0. The van der Waals surface area contributed by atoms with Gasteiger partial charge in [-0.05, 0) is 73.3 Å². The minimum atomic E-state index is 0.0123. The topological polar surface area (TPSA) is 41.6 Å². The van der Waals surface area contributed by atoms with Gasteiger partial charge in [-0.25, -0.2) is 0 Å². The highest BCUT2D eigenvalue weighted by Gasteiger charge is 2.23. The van der Waals surface area contributed by atoms with Crippen molar-refractivity contribution in [1.29, 1.82) is 0 Å². The van der Waals surface area contributed by atoms with Crippen LogP contribution in [-0.2, 0) is 0 Å². The van der Waals surface area contributed by atoms with E-state index in [0.29, 0.717) is 5.92 Å². The predicted octanol–water partition coefficient (Wildman–Crippen LogP) is 7.26. The standard InChI is InChI=1S/C34H36N2O2S/c1-38-29-16-18-30(19-17-29)39-33-15-9-8-14-32(33)34(37)35-28-20-23-36(24-21-28)25-22-31(26-10-4-2-5-11-26)27-12-6-3-7-13-27/h2-19,28,31H,20-25H2,1H3,(H,35,37). The summed E-state index contributed by atoms with van der Waals surface area (Å²) >= 11 is 1.61. The van der Waals surface area contributed by atoms with Crippen molar-refractivity contribution in [2.45, 2.75) is 41.0 Å². The lowest BCUT2D eigenvalue weighted by Crippen LogP contribution is -2.45. The van der Waals surface area contributed by atoms with E-state index in [1.807, 2.05) is 48.5 Å². The van der Waals surface area contributed by atoms with Crippen LogP contribution in [0.2, 0.25) is 0 Å². The van der Waals surface area contributed by atoms with Crippen LogP contribution in [0.4, 0.5) is 0 Å². The first-order valence-electron chi connectivity index (χ1n) is 13.7. The van der Waals surface area contributed by atoms with Crippen molar-refractivity contribution in [1.82, 2.24) is 10.2 Å². The number of nitrogens with one attached hydrogen (secondary N) is 1. The molecule has 1 saturated heterocycles. The van der Waals surface area contributed by atoms with Gasteiger partial charge in [0.05, 0.1) is 12.7 Å². The number of likely N-dealkylation sites (tertiary alicyclic amines) is 1. The lowest BCUT2D eigenvalue weighted by atomic mass is 9.88. The van der Waals surface area contributed by atoms with E-state index in [0.717, 1.165) is 60.0 Å². The summed E-state index contributed by atoms with van der Waals surface area (Å²) in [5.74, 6) is 1.23. The van der Waals surface area contributed by atoms with Crippen molar-refractivity contribution in [2.24, 2.45) is 0 Å². The van der Waals surface area contributed by atoms with Crippen molar-refractivity contribution < 1.29 is 9.53 Å². The van der Waals surface area contributed by atoms with Crippen molar-refractivity contribution in [3.63, 3.8) is 0 Å². The largest absolute Gasteiger partial charge is 0.497 e. The van der Waals surface area contributed by atoms with Gasteiger partial charge in [-0.1, -0.05) is 84.6 Å². The Kier molecular flexibility index (Phi) is 9.36. The molecular formula is C34H36N2O2S. The Morgan fingerprint density at radius 3 is 2.05 bits per heavy atom. The monoisotopic (exact) mass is 536 g/mol. The Bertz CT molecular complexity index is 1280. The number of piperidine rings is 1. The molecule has 1 heterocycles.